The number of nitrogens with one attached hydrogen (secondary N) is 2. The van der Waals surface area contributed by atoms with Gasteiger partial charge in [0.2, 0.25) is 0 Å². The van der Waals surface area contributed by atoms with Crippen LogP contribution in [0.25, 0.3) is 11.2 Å². The molecule has 11 heteroatoms. The van der Waals surface area contributed by atoms with Crippen molar-refractivity contribution in [1.82, 2.24) is 29.8 Å². The zero-order valence-electron chi connectivity index (χ0n) is 18.8. The molecule has 0 saturated heterocycles. The highest BCUT2D eigenvalue weighted by atomic mass is 19.4. The summed E-state index contributed by atoms with van der Waals surface area (Å²) in [6.45, 7) is 2.00. The van der Waals surface area contributed by atoms with E-state index in [1.165, 1.54) is 12.4 Å². The van der Waals surface area contributed by atoms with E-state index in [2.05, 4.69) is 30.6 Å². The number of carbonyl (C=O) groups excluding carboxylic acids is 1. The molecule has 0 bridgehead atoms. The molecule has 5 rings (SSSR count). The maximum Gasteiger partial charge on any atom is 0.416 e. The third kappa shape index (κ3) is 4.79. The van der Waals surface area contributed by atoms with Crippen molar-refractivity contribution in [1.29, 1.82) is 0 Å². The van der Waals surface area contributed by atoms with Crippen LogP contribution in [0.5, 0.6) is 0 Å². The summed E-state index contributed by atoms with van der Waals surface area (Å²) >= 11 is 0. The Morgan fingerprint density at radius 1 is 1.11 bits per heavy atom. The number of fused-ring (bicyclic) bond motifs is 1. The number of halogens is 3. The molecule has 4 aromatic rings. The lowest BCUT2D eigenvalue weighted by molar-refractivity contribution is -0.137. The smallest absolute Gasteiger partial charge is 0.364 e. The number of amides is 1. The van der Waals surface area contributed by atoms with Crippen LogP contribution in [0.3, 0.4) is 0 Å². The average molecular weight is 481 g/mol. The molecule has 3 heterocycles. The first-order valence-corrected chi connectivity index (χ1v) is 11.1. The van der Waals surface area contributed by atoms with Crippen molar-refractivity contribution in [3.63, 3.8) is 0 Å². The predicted octanol–water partition coefficient (Wildman–Crippen LogP) is 4.29. The molecule has 1 fully saturated rings. The van der Waals surface area contributed by atoms with Crippen molar-refractivity contribution >= 4 is 22.9 Å². The number of nitrogens with zero attached hydrogens (tertiary/aromatic N) is 5. The van der Waals surface area contributed by atoms with E-state index in [0.717, 1.165) is 30.7 Å². The Balaban J connectivity index is 1.24. The largest absolute Gasteiger partial charge is 0.416 e. The molecule has 0 aliphatic heterocycles. The Morgan fingerprint density at radius 2 is 1.91 bits per heavy atom. The molecule has 0 atom stereocenters. The molecule has 1 aliphatic rings. The minimum atomic E-state index is -4.40. The molecule has 0 unspecified atom stereocenters. The summed E-state index contributed by atoms with van der Waals surface area (Å²) in [5, 5.41) is 6.07. The van der Waals surface area contributed by atoms with Crippen molar-refractivity contribution < 1.29 is 18.0 Å². The quantitative estimate of drug-likeness (QED) is 0.426. The second kappa shape index (κ2) is 8.97. The van der Waals surface area contributed by atoms with E-state index in [9.17, 15) is 18.0 Å². The Morgan fingerprint density at radius 3 is 2.69 bits per heavy atom. The van der Waals surface area contributed by atoms with Crippen LogP contribution in [0.15, 0.2) is 55.1 Å². The van der Waals surface area contributed by atoms with Gasteiger partial charge in [-0.1, -0.05) is 18.2 Å². The maximum atomic E-state index is 13.0. The third-order valence-electron chi connectivity index (χ3n) is 6.04. The van der Waals surface area contributed by atoms with E-state index in [1.807, 2.05) is 17.6 Å². The van der Waals surface area contributed by atoms with Gasteiger partial charge in [0, 0.05) is 24.3 Å². The van der Waals surface area contributed by atoms with Gasteiger partial charge in [-0.05, 0) is 49.6 Å². The number of imidazole rings is 1. The number of aromatic nitrogens is 5. The molecule has 35 heavy (non-hydrogen) atoms. The number of benzene rings is 1. The number of rotatable bonds is 6. The van der Waals surface area contributed by atoms with E-state index in [-0.39, 0.29) is 24.5 Å². The number of anilines is 1. The van der Waals surface area contributed by atoms with Crippen LogP contribution in [0, 0.1) is 6.92 Å². The number of aryl methyl sites for hydroxylation is 1. The van der Waals surface area contributed by atoms with Gasteiger partial charge in [0.05, 0.1) is 11.9 Å². The van der Waals surface area contributed by atoms with Crippen LogP contribution in [0.2, 0.25) is 0 Å². The highest BCUT2D eigenvalue weighted by Gasteiger charge is 2.33. The lowest BCUT2D eigenvalue weighted by Crippen LogP contribution is -2.45. The number of hydrogen-bond donors (Lipinski definition) is 2. The minimum Gasteiger partial charge on any atom is -0.364 e. The highest BCUT2D eigenvalue weighted by Crippen LogP contribution is 2.35. The monoisotopic (exact) mass is 481 g/mol. The van der Waals surface area contributed by atoms with Crippen molar-refractivity contribution in [3.8, 4) is 0 Å². The molecule has 3 aromatic heterocycles. The molecule has 1 aromatic carbocycles. The van der Waals surface area contributed by atoms with Crippen LogP contribution in [0.1, 0.15) is 46.2 Å². The van der Waals surface area contributed by atoms with Gasteiger partial charge < -0.3 is 15.2 Å². The second-order valence-electron chi connectivity index (χ2n) is 8.56. The van der Waals surface area contributed by atoms with E-state index in [4.69, 9.17) is 0 Å². The Bertz CT molecular complexity index is 1380. The molecular formula is C24H22F3N7O. The van der Waals surface area contributed by atoms with E-state index in [0.29, 0.717) is 28.2 Å². The molecule has 1 amide bonds. The first-order valence-electron chi connectivity index (χ1n) is 11.1. The number of carbonyl (C=O) groups is 1. The second-order valence-corrected chi connectivity index (χ2v) is 8.56. The van der Waals surface area contributed by atoms with Gasteiger partial charge in [-0.2, -0.15) is 13.2 Å². The van der Waals surface area contributed by atoms with E-state index >= 15 is 0 Å². The summed E-state index contributed by atoms with van der Waals surface area (Å²) < 4.78 is 40.9. The zero-order chi connectivity index (χ0) is 24.6. The fourth-order valence-corrected chi connectivity index (χ4v) is 4.15. The summed E-state index contributed by atoms with van der Waals surface area (Å²) in [6, 6.07) is 10.6. The number of hydrogen-bond acceptors (Lipinski definition) is 6. The Hall–Kier alpha value is -4.02. The molecule has 2 N–H and O–H groups in total. The van der Waals surface area contributed by atoms with Gasteiger partial charge >= 0.3 is 6.18 Å². The van der Waals surface area contributed by atoms with Crippen LogP contribution >= 0.6 is 0 Å². The Kier molecular flexibility index (Phi) is 5.83. The predicted molar refractivity (Wildman–Crippen MR) is 123 cm³/mol. The molecule has 0 radical (unpaired) electrons. The van der Waals surface area contributed by atoms with Crippen LogP contribution in [0.4, 0.5) is 19.0 Å². The first kappa shape index (κ1) is 22.8. The average Bonchev–Trinajstić information content (AvgIpc) is 3.23. The third-order valence-corrected chi connectivity index (χ3v) is 6.04. The number of pyridine rings is 1. The van der Waals surface area contributed by atoms with Crippen molar-refractivity contribution in [2.75, 3.05) is 5.32 Å². The van der Waals surface area contributed by atoms with Gasteiger partial charge in [0.25, 0.3) is 5.91 Å². The van der Waals surface area contributed by atoms with Gasteiger partial charge in [-0.25, -0.2) is 19.9 Å². The zero-order valence-corrected chi connectivity index (χ0v) is 18.8. The lowest BCUT2D eigenvalue weighted by Gasteiger charge is -2.36. The summed E-state index contributed by atoms with van der Waals surface area (Å²) in [4.78, 5) is 29.7. The normalized spacial score (nSPS) is 17.7. The Labute approximate surface area is 198 Å². The fraction of sp³-hybridized carbons (Fsp3) is 0.292. The van der Waals surface area contributed by atoms with E-state index < -0.39 is 11.7 Å². The van der Waals surface area contributed by atoms with Crippen LogP contribution in [-0.4, -0.2) is 36.5 Å². The minimum absolute atomic E-state index is 0.0209. The van der Waals surface area contributed by atoms with Gasteiger partial charge in [0.15, 0.2) is 11.5 Å². The van der Waals surface area contributed by atoms with Crippen LogP contribution in [-0.2, 0) is 12.7 Å². The number of alkyl halides is 3. The highest BCUT2D eigenvalue weighted by molar-refractivity contribution is 5.92. The topological polar surface area (TPSA) is 97.6 Å². The van der Waals surface area contributed by atoms with Crippen molar-refractivity contribution in [2.24, 2.45) is 0 Å². The standard InChI is InChI=1S/C24H22F3N7O/c1-14-4-2-7-19(32-14)23(35)33-17-9-18(10-17)34-13-31-20-21(29-12-30-22(20)34)28-11-15-5-3-6-16(8-15)24(25,26)27/h2-8,12-13,17-18H,9-11H2,1H3,(H,33,35)(H,28,29,30). The molecule has 180 valence electrons. The van der Waals surface area contributed by atoms with Gasteiger partial charge in [-0.3, -0.25) is 4.79 Å². The van der Waals surface area contributed by atoms with Gasteiger partial charge in [-0.15, -0.1) is 0 Å². The summed E-state index contributed by atoms with van der Waals surface area (Å²) in [7, 11) is 0. The first-order chi connectivity index (χ1) is 16.8. The lowest BCUT2D eigenvalue weighted by atomic mass is 9.86. The SMILES string of the molecule is Cc1cccc(C(=O)NC2CC(n3cnc4c(NCc5cccc(C(F)(F)F)c5)ncnc43)C2)n1. The van der Waals surface area contributed by atoms with Crippen molar-refractivity contribution in [2.45, 2.75) is 44.6 Å². The summed E-state index contributed by atoms with van der Waals surface area (Å²) in [5.41, 5.74) is 2.12. The molecule has 8 nitrogen and oxygen atoms in total. The molecule has 1 aliphatic carbocycles. The summed E-state index contributed by atoms with van der Waals surface area (Å²) in [6.07, 6.45) is 0.129. The summed E-state index contributed by atoms with van der Waals surface area (Å²) in [5.74, 6) is 0.247. The molecule has 0 spiro atoms. The van der Waals surface area contributed by atoms with Crippen molar-refractivity contribution in [3.05, 3.63) is 77.6 Å². The van der Waals surface area contributed by atoms with E-state index in [1.54, 1.807) is 24.5 Å². The fourth-order valence-electron chi connectivity index (χ4n) is 4.15. The maximum absolute atomic E-state index is 13.0. The molecule has 1 saturated carbocycles. The van der Waals surface area contributed by atoms with Crippen LogP contribution < -0.4 is 10.6 Å². The molecular weight excluding hydrogens is 459 g/mol. The van der Waals surface area contributed by atoms with Gasteiger partial charge in [0.1, 0.15) is 17.5 Å².